The first-order chi connectivity index (χ1) is 19.7. The molecule has 4 aromatic rings. The highest BCUT2D eigenvalue weighted by atomic mass is 79.9. The van der Waals surface area contributed by atoms with E-state index in [-0.39, 0.29) is 19.4 Å². The van der Waals surface area contributed by atoms with E-state index in [1.165, 1.54) is 0 Å². The number of aliphatic hydroxyl groups is 1. The van der Waals surface area contributed by atoms with Gasteiger partial charge in [0.05, 0.1) is 35.1 Å². The van der Waals surface area contributed by atoms with Crippen LogP contribution in [-0.4, -0.2) is 76.9 Å². The van der Waals surface area contributed by atoms with Crippen LogP contribution in [0.3, 0.4) is 0 Å². The third kappa shape index (κ3) is 6.22. The Morgan fingerprint density at radius 2 is 1.80 bits per heavy atom. The molecule has 5 heterocycles. The summed E-state index contributed by atoms with van der Waals surface area (Å²) in [5.41, 5.74) is 4.55. The van der Waals surface area contributed by atoms with E-state index in [0.29, 0.717) is 41.1 Å². The van der Waals surface area contributed by atoms with Gasteiger partial charge in [0.25, 0.3) is 0 Å². The maximum Gasteiger partial charge on any atom is 0.301 e. The number of aliphatic hydroxyl groups excluding tert-OH is 1. The molecule has 0 radical (unpaired) electrons. The fraction of sp³-hybridized carbons (Fsp3) is 0.414. The first-order valence-electron chi connectivity index (χ1n) is 13.6. The number of pyridine rings is 2. The highest BCUT2D eigenvalue weighted by molar-refractivity contribution is 9.10. The van der Waals surface area contributed by atoms with E-state index in [2.05, 4.69) is 40.6 Å². The van der Waals surface area contributed by atoms with Gasteiger partial charge in [-0.25, -0.2) is 4.98 Å². The standard InChI is InChI=1S/C29H32BrClN4O5Si/c1-41(2,3)11-10-37-16-35-22-12-20(31)25(18-6-4-17(5-7-18)21-9-8-19(30)13-32-21)33-28(22)34-29(35)40-24-15-39-26-23(36)14-38-27(24)26/h4-9,12-13,23-24,26-27,36H,10-11,14-16H2,1-3H3/t23-,24-,26?,27-/m1/s1. The molecular weight excluding hydrogens is 628 g/mol. The van der Waals surface area contributed by atoms with Gasteiger partial charge in [0.2, 0.25) is 0 Å². The Hall–Kier alpha value is -2.38. The molecule has 3 aromatic heterocycles. The van der Waals surface area contributed by atoms with E-state index in [0.717, 1.165) is 27.3 Å². The normalized spacial score (nSPS) is 22.4. The first kappa shape index (κ1) is 28.7. The molecule has 0 saturated carbocycles. The van der Waals surface area contributed by atoms with Crippen molar-refractivity contribution in [3.05, 3.63) is 58.2 Å². The summed E-state index contributed by atoms with van der Waals surface area (Å²) in [5, 5.41) is 10.6. The number of hydrogen-bond acceptors (Lipinski definition) is 8. The number of benzene rings is 1. The van der Waals surface area contributed by atoms with Gasteiger partial charge in [-0.3, -0.25) is 9.55 Å². The molecule has 2 aliphatic rings. The van der Waals surface area contributed by atoms with Crippen molar-refractivity contribution in [1.29, 1.82) is 0 Å². The Kier molecular flexibility index (Phi) is 8.21. The molecule has 12 heteroatoms. The number of rotatable bonds is 9. The van der Waals surface area contributed by atoms with Crippen LogP contribution in [-0.2, 0) is 20.9 Å². The Labute approximate surface area is 252 Å². The second-order valence-electron chi connectivity index (χ2n) is 11.6. The summed E-state index contributed by atoms with van der Waals surface area (Å²) in [6.45, 7) is 8.35. The molecule has 1 unspecified atom stereocenters. The van der Waals surface area contributed by atoms with Crippen molar-refractivity contribution in [3.8, 4) is 28.5 Å². The third-order valence-corrected chi connectivity index (χ3v) is 9.76. The molecule has 0 bridgehead atoms. The fourth-order valence-corrected chi connectivity index (χ4v) is 6.23. The largest absolute Gasteiger partial charge is 0.456 e. The molecule has 1 aromatic carbocycles. The molecule has 216 valence electrons. The predicted octanol–water partition coefficient (Wildman–Crippen LogP) is 5.79. The quantitative estimate of drug-likeness (QED) is 0.178. The lowest BCUT2D eigenvalue weighted by Crippen LogP contribution is -2.35. The van der Waals surface area contributed by atoms with Gasteiger partial charge in [-0.1, -0.05) is 55.5 Å². The summed E-state index contributed by atoms with van der Waals surface area (Å²) in [5.74, 6) is 0. The monoisotopic (exact) mass is 658 g/mol. The smallest absolute Gasteiger partial charge is 0.301 e. The second kappa shape index (κ2) is 11.7. The number of aromatic nitrogens is 4. The van der Waals surface area contributed by atoms with Crippen LogP contribution in [0, 0.1) is 0 Å². The molecule has 0 aliphatic carbocycles. The van der Waals surface area contributed by atoms with Gasteiger partial charge in [-0.2, -0.15) is 4.98 Å². The molecule has 0 amide bonds. The molecule has 41 heavy (non-hydrogen) atoms. The molecule has 2 saturated heterocycles. The topological polar surface area (TPSA) is 101 Å². The summed E-state index contributed by atoms with van der Waals surface area (Å²) in [7, 11) is -1.26. The number of halogens is 2. The Morgan fingerprint density at radius 3 is 2.54 bits per heavy atom. The summed E-state index contributed by atoms with van der Waals surface area (Å²) >= 11 is 10.2. The molecule has 6 rings (SSSR count). The maximum absolute atomic E-state index is 10.2. The Bertz CT molecular complexity index is 1530. The van der Waals surface area contributed by atoms with Crippen LogP contribution in [0.25, 0.3) is 33.7 Å². The molecule has 2 fully saturated rings. The van der Waals surface area contributed by atoms with Crippen LogP contribution in [0.1, 0.15) is 0 Å². The van der Waals surface area contributed by atoms with E-state index in [9.17, 15) is 5.11 Å². The average Bonchev–Trinajstić information content (AvgIpc) is 3.61. The van der Waals surface area contributed by atoms with E-state index in [1.807, 2.05) is 47.0 Å². The van der Waals surface area contributed by atoms with Crippen LogP contribution >= 0.6 is 27.5 Å². The van der Waals surface area contributed by atoms with Crippen LogP contribution in [0.15, 0.2) is 53.1 Å². The van der Waals surface area contributed by atoms with Crippen molar-refractivity contribution in [2.45, 2.75) is 56.8 Å². The maximum atomic E-state index is 10.2. The van der Waals surface area contributed by atoms with E-state index in [4.69, 9.17) is 40.5 Å². The molecule has 0 spiro atoms. The van der Waals surface area contributed by atoms with Crippen LogP contribution in [0.2, 0.25) is 30.7 Å². The van der Waals surface area contributed by atoms with Gasteiger partial charge >= 0.3 is 6.01 Å². The lowest BCUT2D eigenvalue weighted by molar-refractivity contribution is 0.00339. The number of imidazole rings is 1. The van der Waals surface area contributed by atoms with E-state index >= 15 is 0 Å². The van der Waals surface area contributed by atoms with Gasteiger partial charge in [0.1, 0.15) is 25.0 Å². The second-order valence-corrected chi connectivity index (χ2v) is 18.5. The number of fused-ring (bicyclic) bond motifs is 2. The Morgan fingerprint density at radius 1 is 1.05 bits per heavy atom. The van der Waals surface area contributed by atoms with Crippen molar-refractivity contribution in [2.24, 2.45) is 0 Å². The van der Waals surface area contributed by atoms with Crippen LogP contribution in [0.5, 0.6) is 6.01 Å². The molecule has 9 nitrogen and oxygen atoms in total. The SMILES string of the molecule is C[Si](C)(C)CCOCn1c(O[C@@H]2COC3[C@H](O)CO[C@@H]32)nc2nc(-c3ccc(-c4ccc(Br)cn4)cc3)c(Cl)cc21. The minimum atomic E-state index is -1.26. The van der Waals surface area contributed by atoms with Gasteiger partial charge in [-0.15, -0.1) is 0 Å². The summed E-state index contributed by atoms with van der Waals surface area (Å²) in [6, 6.07) is 15.1. The van der Waals surface area contributed by atoms with Crippen molar-refractivity contribution in [1.82, 2.24) is 19.5 Å². The Balaban J connectivity index is 1.30. The number of ether oxygens (including phenoxy) is 4. The number of nitrogens with zero attached hydrogens (tertiary/aromatic N) is 4. The van der Waals surface area contributed by atoms with Gasteiger partial charge in [0, 0.05) is 36.5 Å². The highest BCUT2D eigenvalue weighted by Crippen LogP contribution is 2.34. The van der Waals surface area contributed by atoms with Gasteiger partial charge in [0.15, 0.2) is 11.8 Å². The van der Waals surface area contributed by atoms with Gasteiger partial charge < -0.3 is 24.1 Å². The van der Waals surface area contributed by atoms with Crippen molar-refractivity contribution in [3.63, 3.8) is 0 Å². The van der Waals surface area contributed by atoms with Crippen molar-refractivity contribution in [2.75, 3.05) is 19.8 Å². The fourth-order valence-electron chi connectivity index (χ4n) is 4.98. The minimum Gasteiger partial charge on any atom is -0.456 e. The van der Waals surface area contributed by atoms with Crippen molar-refractivity contribution >= 4 is 46.8 Å². The zero-order chi connectivity index (χ0) is 28.7. The minimum absolute atomic E-state index is 0.225. The first-order valence-corrected chi connectivity index (χ1v) is 18.5. The highest BCUT2D eigenvalue weighted by Gasteiger charge is 2.49. The summed E-state index contributed by atoms with van der Waals surface area (Å²) < 4.78 is 26.7. The molecule has 2 aliphatic heterocycles. The summed E-state index contributed by atoms with van der Waals surface area (Å²) in [6.07, 6.45) is -0.0627. The zero-order valence-corrected chi connectivity index (χ0v) is 26.4. The van der Waals surface area contributed by atoms with Crippen LogP contribution < -0.4 is 4.74 Å². The molecule has 1 N–H and O–H groups in total. The molecule has 4 atom stereocenters. The lowest BCUT2D eigenvalue weighted by Gasteiger charge is -2.19. The zero-order valence-electron chi connectivity index (χ0n) is 23.1. The average molecular weight is 660 g/mol. The van der Waals surface area contributed by atoms with Crippen LogP contribution in [0.4, 0.5) is 0 Å². The lowest BCUT2D eigenvalue weighted by atomic mass is 10.1. The van der Waals surface area contributed by atoms with E-state index in [1.54, 1.807) is 6.20 Å². The molecular formula is C29H32BrClN4O5Si. The van der Waals surface area contributed by atoms with Crippen molar-refractivity contribution < 1.29 is 24.1 Å². The van der Waals surface area contributed by atoms with E-state index < -0.39 is 26.4 Å². The number of hydrogen-bond donors (Lipinski definition) is 1. The van der Waals surface area contributed by atoms with Gasteiger partial charge in [-0.05, 0) is 40.2 Å². The predicted molar refractivity (Wildman–Crippen MR) is 163 cm³/mol. The summed E-state index contributed by atoms with van der Waals surface area (Å²) in [4.78, 5) is 14.1. The third-order valence-electron chi connectivity index (χ3n) is 7.30.